The third-order valence-electron chi connectivity index (χ3n) is 3.23. The summed E-state index contributed by atoms with van der Waals surface area (Å²) in [5, 5.41) is 4.19. The third kappa shape index (κ3) is 3.20. The van der Waals surface area contributed by atoms with E-state index in [1.807, 2.05) is 17.9 Å². The van der Waals surface area contributed by atoms with Crippen LogP contribution >= 0.6 is 0 Å². The summed E-state index contributed by atoms with van der Waals surface area (Å²) >= 11 is 0. The molecule has 0 fully saturated rings. The molecule has 0 spiro atoms. The summed E-state index contributed by atoms with van der Waals surface area (Å²) < 4.78 is 1.86. The van der Waals surface area contributed by atoms with Gasteiger partial charge in [0.1, 0.15) is 0 Å². The minimum Gasteiger partial charge on any atom is -0.324 e. The van der Waals surface area contributed by atoms with Gasteiger partial charge in [-0.1, -0.05) is 18.1 Å². The second-order valence-electron chi connectivity index (χ2n) is 4.76. The Morgan fingerprint density at radius 2 is 2.31 bits per heavy atom. The van der Waals surface area contributed by atoms with E-state index in [2.05, 4.69) is 17.4 Å². The predicted molar refractivity (Wildman–Crippen MR) is 66.1 cm³/mol. The van der Waals surface area contributed by atoms with E-state index in [1.54, 1.807) is 0 Å². The first-order chi connectivity index (χ1) is 7.74. The van der Waals surface area contributed by atoms with E-state index in [0.29, 0.717) is 0 Å². The lowest BCUT2D eigenvalue weighted by Gasteiger charge is -2.05. The topological polar surface area (TPSA) is 43.8 Å². The number of aromatic nitrogens is 2. The van der Waals surface area contributed by atoms with Crippen LogP contribution in [0.1, 0.15) is 37.7 Å². The van der Waals surface area contributed by atoms with Crippen molar-refractivity contribution in [2.75, 3.05) is 0 Å². The Kier molecular flexibility index (Phi) is 3.78. The van der Waals surface area contributed by atoms with Crippen LogP contribution in [0, 0.1) is 0 Å². The lowest BCUT2D eigenvalue weighted by Crippen LogP contribution is -2.15. The highest BCUT2D eigenvalue weighted by molar-refractivity contribution is 5.12. The van der Waals surface area contributed by atoms with Crippen LogP contribution in [0.5, 0.6) is 0 Å². The Morgan fingerprint density at radius 3 is 3.06 bits per heavy atom. The molecule has 2 rings (SSSR count). The highest BCUT2D eigenvalue weighted by Gasteiger charge is 2.08. The zero-order valence-corrected chi connectivity index (χ0v) is 10.0. The number of allylic oxidation sites excluding steroid dienone is 1. The van der Waals surface area contributed by atoms with Crippen molar-refractivity contribution in [3.8, 4) is 0 Å². The van der Waals surface area contributed by atoms with Crippen molar-refractivity contribution in [2.45, 2.75) is 44.6 Å². The Bertz CT molecular complexity index is 365. The molecule has 0 saturated heterocycles. The van der Waals surface area contributed by atoms with E-state index in [1.165, 1.54) is 30.4 Å². The SMILES string of the molecule is Cn1cc(CCC2=CC(N)CCCC2)cn1. The minimum absolute atomic E-state index is 0.284. The van der Waals surface area contributed by atoms with Crippen LogP contribution in [0.15, 0.2) is 24.0 Å². The molecule has 3 heteroatoms. The Hall–Kier alpha value is -1.09. The third-order valence-corrected chi connectivity index (χ3v) is 3.23. The molecule has 3 nitrogen and oxygen atoms in total. The van der Waals surface area contributed by atoms with Gasteiger partial charge in [-0.15, -0.1) is 0 Å². The van der Waals surface area contributed by atoms with Gasteiger partial charge in [-0.2, -0.15) is 5.10 Å². The summed E-state index contributed by atoms with van der Waals surface area (Å²) in [4.78, 5) is 0. The molecule has 88 valence electrons. The molecule has 1 heterocycles. The van der Waals surface area contributed by atoms with Crippen LogP contribution in [0.2, 0.25) is 0 Å². The maximum atomic E-state index is 6.01. The summed E-state index contributed by atoms with van der Waals surface area (Å²) in [6, 6.07) is 0.284. The molecule has 0 saturated carbocycles. The Morgan fingerprint density at radius 1 is 1.44 bits per heavy atom. The molecule has 1 aromatic heterocycles. The van der Waals surface area contributed by atoms with Crippen LogP contribution in [-0.4, -0.2) is 15.8 Å². The lowest BCUT2D eigenvalue weighted by atomic mass is 10.0. The molecule has 0 aromatic carbocycles. The fourth-order valence-corrected chi connectivity index (χ4v) is 2.32. The fourth-order valence-electron chi connectivity index (χ4n) is 2.32. The largest absolute Gasteiger partial charge is 0.324 e. The highest BCUT2D eigenvalue weighted by Crippen LogP contribution is 2.20. The van der Waals surface area contributed by atoms with Gasteiger partial charge in [-0.25, -0.2) is 0 Å². The molecule has 1 aliphatic rings. The molecule has 16 heavy (non-hydrogen) atoms. The molecule has 1 aliphatic carbocycles. The first-order valence-corrected chi connectivity index (χ1v) is 6.17. The molecule has 2 N–H and O–H groups in total. The molecule has 1 aromatic rings. The Labute approximate surface area is 97.3 Å². The van der Waals surface area contributed by atoms with Crippen molar-refractivity contribution in [3.63, 3.8) is 0 Å². The van der Waals surface area contributed by atoms with Crippen molar-refractivity contribution in [1.29, 1.82) is 0 Å². The number of nitrogens with zero attached hydrogens (tertiary/aromatic N) is 2. The number of nitrogens with two attached hydrogens (primary N) is 1. The van der Waals surface area contributed by atoms with Crippen molar-refractivity contribution in [3.05, 3.63) is 29.6 Å². The number of rotatable bonds is 3. The zero-order chi connectivity index (χ0) is 11.4. The molecular formula is C13H21N3. The van der Waals surface area contributed by atoms with Gasteiger partial charge < -0.3 is 5.73 Å². The summed E-state index contributed by atoms with van der Waals surface area (Å²) in [5.74, 6) is 0. The monoisotopic (exact) mass is 219 g/mol. The van der Waals surface area contributed by atoms with Crippen LogP contribution < -0.4 is 5.73 Å². The van der Waals surface area contributed by atoms with Gasteiger partial charge in [0, 0.05) is 19.3 Å². The van der Waals surface area contributed by atoms with E-state index in [-0.39, 0.29) is 6.04 Å². The molecule has 0 bridgehead atoms. The second kappa shape index (κ2) is 5.30. The standard InChI is InChI=1S/C13H21N3/c1-16-10-12(9-15-16)7-6-11-4-2-3-5-13(14)8-11/h8-10,13H,2-7,14H2,1H3. The molecule has 1 unspecified atom stereocenters. The first kappa shape index (κ1) is 11.4. The van der Waals surface area contributed by atoms with Gasteiger partial charge in [0.2, 0.25) is 0 Å². The van der Waals surface area contributed by atoms with Crippen LogP contribution in [0.25, 0.3) is 0 Å². The van der Waals surface area contributed by atoms with E-state index in [9.17, 15) is 0 Å². The van der Waals surface area contributed by atoms with Gasteiger partial charge in [0.15, 0.2) is 0 Å². The predicted octanol–water partition coefficient (Wildman–Crippen LogP) is 2.18. The normalized spacial score (nSPS) is 21.6. The van der Waals surface area contributed by atoms with Crippen molar-refractivity contribution in [2.24, 2.45) is 12.8 Å². The summed E-state index contributed by atoms with van der Waals surface area (Å²) in [7, 11) is 1.96. The molecule has 0 amide bonds. The van der Waals surface area contributed by atoms with Gasteiger partial charge in [-0.3, -0.25) is 4.68 Å². The van der Waals surface area contributed by atoms with E-state index >= 15 is 0 Å². The number of aryl methyl sites for hydroxylation is 2. The summed E-state index contributed by atoms with van der Waals surface area (Å²) in [6.45, 7) is 0. The number of hydrogen-bond donors (Lipinski definition) is 1. The summed E-state index contributed by atoms with van der Waals surface area (Å²) in [5.41, 5.74) is 8.86. The number of hydrogen-bond acceptors (Lipinski definition) is 2. The smallest absolute Gasteiger partial charge is 0.0521 e. The Balaban J connectivity index is 1.89. The van der Waals surface area contributed by atoms with Gasteiger partial charge in [0.05, 0.1) is 6.20 Å². The van der Waals surface area contributed by atoms with Crippen molar-refractivity contribution < 1.29 is 0 Å². The summed E-state index contributed by atoms with van der Waals surface area (Å²) in [6.07, 6.45) is 13.5. The average molecular weight is 219 g/mol. The first-order valence-electron chi connectivity index (χ1n) is 6.17. The quantitative estimate of drug-likeness (QED) is 0.792. The van der Waals surface area contributed by atoms with E-state index < -0.39 is 0 Å². The fraction of sp³-hybridized carbons (Fsp3) is 0.615. The van der Waals surface area contributed by atoms with Gasteiger partial charge >= 0.3 is 0 Å². The molecule has 1 atom stereocenters. The molecular weight excluding hydrogens is 198 g/mol. The van der Waals surface area contributed by atoms with Crippen molar-refractivity contribution in [1.82, 2.24) is 9.78 Å². The lowest BCUT2D eigenvalue weighted by molar-refractivity contribution is 0.653. The second-order valence-corrected chi connectivity index (χ2v) is 4.76. The van der Waals surface area contributed by atoms with Crippen LogP contribution in [-0.2, 0) is 13.5 Å². The molecule has 0 aliphatic heterocycles. The van der Waals surface area contributed by atoms with Crippen LogP contribution in [0.4, 0.5) is 0 Å². The maximum absolute atomic E-state index is 6.01. The maximum Gasteiger partial charge on any atom is 0.0521 e. The average Bonchev–Trinajstić information content (AvgIpc) is 2.55. The molecule has 0 radical (unpaired) electrons. The zero-order valence-electron chi connectivity index (χ0n) is 10.0. The van der Waals surface area contributed by atoms with Crippen LogP contribution in [0.3, 0.4) is 0 Å². The van der Waals surface area contributed by atoms with Crippen molar-refractivity contribution >= 4 is 0 Å². The minimum atomic E-state index is 0.284. The van der Waals surface area contributed by atoms with E-state index in [4.69, 9.17) is 5.73 Å². The highest BCUT2D eigenvalue weighted by atomic mass is 15.2. The van der Waals surface area contributed by atoms with Gasteiger partial charge in [0.25, 0.3) is 0 Å². The van der Waals surface area contributed by atoms with E-state index in [0.717, 1.165) is 19.3 Å². The van der Waals surface area contributed by atoms with Gasteiger partial charge in [-0.05, 0) is 37.7 Å².